The van der Waals surface area contributed by atoms with Gasteiger partial charge in [-0.1, -0.05) is 6.92 Å². The van der Waals surface area contributed by atoms with Crippen molar-refractivity contribution in [2.45, 2.75) is 77.4 Å². The topological polar surface area (TPSA) is 32.5 Å². The van der Waals surface area contributed by atoms with Crippen LogP contribution in [0.5, 0.6) is 0 Å². The van der Waals surface area contributed by atoms with E-state index in [1.54, 1.807) is 0 Å². The van der Waals surface area contributed by atoms with Crippen molar-refractivity contribution in [1.82, 2.24) is 9.80 Å². The molecule has 118 valence electrons. The lowest BCUT2D eigenvalue weighted by molar-refractivity contribution is 0.000438. The predicted octanol–water partition coefficient (Wildman–Crippen LogP) is 2.70. The normalized spacial score (nSPS) is 38.1. The quantitative estimate of drug-likeness (QED) is 0.863. The van der Waals surface area contributed by atoms with Crippen LogP contribution < -0.4 is 5.73 Å². The highest BCUT2D eigenvalue weighted by molar-refractivity contribution is 4.98. The van der Waals surface area contributed by atoms with Gasteiger partial charge in [-0.05, 0) is 65.3 Å². The standard InChI is InChI=1S/C17H35N3/c1-14(2)19-10-5-8-17(13-18,9-11-19)20-12-15(3)6-7-16(20)4/h14-16H,5-13,18H2,1-4H3. The van der Waals surface area contributed by atoms with Crippen molar-refractivity contribution in [1.29, 1.82) is 0 Å². The van der Waals surface area contributed by atoms with Crippen molar-refractivity contribution in [2.24, 2.45) is 11.7 Å². The van der Waals surface area contributed by atoms with Gasteiger partial charge >= 0.3 is 0 Å². The molecule has 2 heterocycles. The predicted molar refractivity (Wildman–Crippen MR) is 86.9 cm³/mol. The van der Waals surface area contributed by atoms with Crippen LogP contribution in [0.4, 0.5) is 0 Å². The van der Waals surface area contributed by atoms with Crippen LogP contribution in [-0.2, 0) is 0 Å². The molecule has 0 aromatic rings. The number of nitrogens with two attached hydrogens (primary N) is 1. The molecular formula is C17H35N3. The monoisotopic (exact) mass is 281 g/mol. The Balaban J connectivity index is 2.12. The first-order valence-corrected chi connectivity index (χ1v) is 8.69. The molecule has 0 spiro atoms. The fourth-order valence-corrected chi connectivity index (χ4v) is 4.27. The smallest absolute Gasteiger partial charge is 0.0347 e. The molecule has 2 N–H and O–H groups in total. The summed E-state index contributed by atoms with van der Waals surface area (Å²) in [6.07, 6.45) is 6.56. The molecule has 3 unspecified atom stereocenters. The van der Waals surface area contributed by atoms with Gasteiger partial charge in [-0.2, -0.15) is 0 Å². The summed E-state index contributed by atoms with van der Waals surface area (Å²) in [5.74, 6) is 0.832. The third-order valence-corrected chi connectivity index (χ3v) is 5.79. The van der Waals surface area contributed by atoms with E-state index < -0.39 is 0 Å². The lowest BCUT2D eigenvalue weighted by Gasteiger charge is -2.50. The second-order valence-electron chi connectivity index (χ2n) is 7.60. The summed E-state index contributed by atoms with van der Waals surface area (Å²) in [6, 6.07) is 1.38. The Hall–Kier alpha value is -0.120. The lowest BCUT2D eigenvalue weighted by Crippen LogP contribution is -2.60. The van der Waals surface area contributed by atoms with Crippen LogP contribution in [0, 0.1) is 5.92 Å². The molecule has 3 nitrogen and oxygen atoms in total. The highest BCUT2D eigenvalue weighted by atomic mass is 15.3. The zero-order chi connectivity index (χ0) is 14.8. The van der Waals surface area contributed by atoms with Crippen molar-refractivity contribution < 1.29 is 0 Å². The van der Waals surface area contributed by atoms with E-state index in [-0.39, 0.29) is 5.54 Å². The maximum absolute atomic E-state index is 6.31. The van der Waals surface area contributed by atoms with Gasteiger partial charge in [-0.25, -0.2) is 0 Å². The second kappa shape index (κ2) is 6.76. The Morgan fingerprint density at radius 2 is 1.90 bits per heavy atom. The molecule has 0 aliphatic carbocycles. The third-order valence-electron chi connectivity index (χ3n) is 5.79. The summed E-state index contributed by atoms with van der Waals surface area (Å²) in [5, 5.41) is 0. The first-order chi connectivity index (χ1) is 9.48. The SMILES string of the molecule is CC1CCC(C)N(C2(CN)CCCN(C(C)C)CC2)C1. The Morgan fingerprint density at radius 3 is 2.55 bits per heavy atom. The Kier molecular flexibility index (Phi) is 5.49. The number of likely N-dealkylation sites (tertiary alicyclic amines) is 2. The molecule has 3 heteroatoms. The summed E-state index contributed by atoms with van der Waals surface area (Å²) in [5.41, 5.74) is 6.57. The van der Waals surface area contributed by atoms with E-state index in [2.05, 4.69) is 37.5 Å². The molecular weight excluding hydrogens is 246 g/mol. The number of hydrogen-bond donors (Lipinski definition) is 1. The second-order valence-corrected chi connectivity index (χ2v) is 7.60. The number of piperidine rings is 1. The van der Waals surface area contributed by atoms with E-state index in [1.165, 1.54) is 51.7 Å². The first kappa shape index (κ1) is 16.3. The highest BCUT2D eigenvalue weighted by Crippen LogP contribution is 2.35. The van der Waals surface area contributed by atoms with E-state index in [1.807, 2.05) is 0 Å². The maximum Gasteiger partial charge on any atom is 0.0347 e. The molecule has 2 rings (SSSR count). The molecule has 20 heavy (non-hydrogen) atoms. The minimum absolute atomic E-state index is 0.262. The first-order valence-electron chi connectivity index (χ1n) is 8.69. The average Bonchev–Trinajstić information content (AvgIpc) is 2.65. The Labute approximate surface area is 125 Å². The van der Waals surface area contributed by atoms with Crippen LogP contribution in [0.25, 0.3) is 0 Å². The van der Waals surface area contributed by atoms with Gasteiger partial charge in [0.1, 0.15) is 0 Å². The number of nitrogens with zero attached hydrogens (tertiary/aromatic N) is 2. The fraction of sp³-hybridized carbons (Fsp3) is 1.00. The van der Waals surface area contributed by atoms with Gasteiger partial charge in [0.25, 0.3) is 0 Å². The minimum Gasteiger partial charge on any atom is -0.329 e. The molecule has 0 saturated carbocycles. The molecule has 0 aromatic carbocycles. The zero-order valence-corrected chi connectivity index (χ0v) is 14.1. The van der Waals surface area contributed by atoms with Crippen LogP contribution >= 0.6 is 0 Å². The molecule has 2 fully saturated rings. The maximum atomic E-state index is 6.31. The zero-order valence-electron chi connectivity index (χ0n) is 14.1. The molecule has 2 aliphatic heterocycles. The summed E-state index contributed by atoms with van der Waals surface area (Å²) in [6.45, 7) is 14.0. The fourth-order valence-electron chi connectivity index (χ4n) is 4.27. The van der Waals surface area contributed by atoms with Gasteiger partial charge in [-0.15, -0.1) is 0 Å². The van der Waals surface area contributed by atoms with Crippen LogP contribution in [0.1, 0.15) is 59.8 Å². The Morgan fingerprint density at radius 1 is 1.15 bits per heavy atom. The van der Waals surface area contributed by atoms with E-state index in [9.17, 15) is 0 Å². The van der Waals surface area contributed by atoms with Crippen molar-refractivity contribution in [3.63, 3.8) is 0 Å². The van der Waals surface area contributed by atoms with Gasteiger partial charge in [-0.3, -0.25) is 4.90 Å². The van der Waals surface area contributed by atoms with Gasteiger partial charge in [0, 0.05) is 37.3 Å². The van der Waals surface area contributed by atoms with Crippen molar-refractivity contribution in [2.75, 3.05) is 26.2 Å². The molecule has 0 amide bonds. The summed E-state index contributed by atoms with van der Waals surface area (Å²) in [7, 11) is 0. The van der Waals surface area contributed by atoms with Gasteiger partial charge in [0.15, 0.2) is 0 Å². The average molecular weight is 281 g/mol. The summed E-state index contributed by atoms with van der Waals surface area (Å²) in [4.78, 5) is 5.42. The molecule has 3 atom stereocenters. The van der Waals surface area contributed by atoms with Gasteiger partial charge < -0.3 is 10.6 Å². The van der Waals surface area contributed by atoms with E-state index >= 15 is 0 Å². The Bertz CT molecular complexity index is 305. The van der Waals surface area contributed by atoms with Gasteiger partial charge in [0.2, 0.25) is 0 Å². The van der Waals surface area contributed by atoms with E-state index in [4.69, 9.17) is 5.73 Å². The largest absolute Gasteiger partial charge is 0.329 e. The molecule has 2 aliphatic rings. The molecule has 0 radical (unpaired) electrons. The van der Waals surface area contributed by atoms with Gasteiger partial charge in [0.05, 0.1) is 0 Å². The van der Waals surface area contributed by atoms with Crippen LogP contribution in [0.3, 0.4) is 0 Å². The van der Waals surface area contributed by atoms with E-state index in [0.717, 1.165) is 12.5 Å². The molecule has 0 bridgehead atoms. The van der Waals surface area contributed by atoms with Crippen LogP contribution in [0.15, 0.2) is 0 Å². The van der Waals surface area contributed by atoms with E-state index in [0.29, 0.717) is 12.1 Å². The minimum atomic E-state index is 0.262. The number of hydrogen-bond acceptors (Lipinski definition) is 3. The van der Waals surface area contributed by atoms with Crippen LogP contribution in [-0.4, -0.2) is 53.6 Å². The van der Waals surface area contributed by atoms with Crippen LogP contribution in [0.2, 0.25) is 0 Å². The van der Waals surface area contributed by atoms with Crippen molar-refractivity contribution in [3.8, 4) is 0 Å². The highest BCUT2D eigenvalue weighted by Gasteiger charge is 2.41. The molecule has 0 aromatic heterocycles. The summed E-state index contributed by atoms with van der Waals surface area (Å²) >= 11 is 0. The number of rotatable bonds is 3. The molecule has 2 saturated heterocycles. The third kappa shape index (κ3) is 3.37. The lowest BCUT2D eigenvalue weighted by atomic mass is 9.82. The van der Waals surface area contributed by atoms with Crippen molar-refractivity contribution in [3.05, 3.63) is 0 Å². The van der Waals surface area contributed by atoms with Crippen molar-refractivity contribution >= 4 is 0 Å². The summed E-state index contributed by atoms with van der Waals surface area (Å²) < 4.78 is 0.